The van der Waals surface area contributed by atoms with Crippen molar-refractivity contribution >= 4 is 34.5 Å². The highest BCUT2D eigenvalue weighted by atomic mass is 16.5. The van der Waals surface area contributed by atoms with Gasteiger partial charge in [-0.25, -0.2) is 9.78 Å². The van der Waals surface area contributed by atoms with Crippen LogP contribution in [-0.2, 0) is 17.8 Å². The van der Waals surface area contributed by atoms with Crippen LogP contribution in [0.3, 0.4) is 0 Å². The van der Waals surface area contributed by atoms with E-state index in [2.05, 4.69) is 20.5 Å². The van der Waals surface area contributed by atoms with Crippen LogP contribution >= 0.6 is 0 Å². The molecular weight excluding hydrogens is 512 g/mol. The number of fused-ring (bicyclic) bond motifs is 1. The van der Waals surface area contributed by atoms with E-state index in [0.29, 0.717) is 49.9 Å². The van der Waals surface area contributed by atoms with E-state index in [1.165, 1.54) is 0 Å². The van der Waals surface area contributed by atoms with Crippen molar-refractivity contribution in [2.45, 2.75) is 13.1 Å². The molecule has 1 fully saturated rings. The molecule has 0 spiro atoms. The van der Waals surface area contributed by atoms with Gasteiger partial charge in [-0.2, -0.15) is 0 Å². The molecule has 0 unspecified atom stereocenters. The number of urea groups is 1. The molecule has 1 saturated heterocycles. The summed E-state index contributed by atoms with van der Waals surface area (Å²) in [5.74, 6) is -0.874. The zero-order valence-electron chi connectivity index (χ0n) is 21.8. The number of rotatable bonds is 8. The van der Waals surface area contributed by atoms with Crippen molar-refractivity contribution in [3.8, 4) is 11.3 Å². The normalized spacial score (nSPS) is 13.7. The molecule has 1 aliphatic rings. The second kappa shape index (κ2) is 11.9. The van der Waals surface area contributed by atoms with Crippen LogP contribution in [0.4, 0.5) is 16.3 Å². The number of amides is 3. The van der Waals surface area contributed by atoms with Crippen molar-refractivity contribution in [3.63, 3.8) is 0 Å². The van der Waals surface area contributed by atoms with Gasteiger partial charge in [-0.3, -0.25) is 19.5 Å². The van der Waals surface area contributed by atoms with Crippen LogP contribution in [-0.4, -0.2) is 64.2 Å². The Hall–Kier alpha value is -4.81. The fourth-order valence-corrected chi connectivity index (χ4v) is 4.61. The van der Waals surface area contributed by atoms with E-state index in [1.807, 2.05) is 24.3 Å². The number of nitrogens with zero attached hydrogens (tertiary/aromatic N) is 4. The number of hydrogen-bond donors (Lipinski definition) is 4. The van der Waals surface area contributed by atoms with Gasteiger partial charge in [0, 0.05) is 56.4 Å². The molecule has 1 aromatic carbocycles. The number of nitrogen functional groups attached to an aromatic ring is 1. The Morgan fingerprint density at radius 1 is 1.02 bits per heavy atom. The first-order valence-electron chi connectivity index (χ1n) is 12.9. The first-order chi connectivity index (χ1) is 19.4. The minimum Gasteiger partial charge on any atom is -0.384 e. The number of ether oxygens (including phenoxy) is 1. The van der Waals surface area contributed by atoms with Gasteiger partial charge in [-0.1, -0.05) is 18.2 Å². The number of carbonyl (C=O) groups excluding carboxylic acids is 2. The molecule has 0 bridgehead atoms. The van der Waals surface area contributed by atoms with Gasteiger partial charge in [0.2, 0.25) is 5.43 Å². The minimum atomic E-state index is -0.874. The summed E-state index contributed by atoms with van der Waals surface area (Å²) in [5.41, 5.74) is 14.3. The van der Waals surface area contributed by atoms with Gasteiger partial charge in [0.25, 0.3) is 5.91 Å². The molecule has 0 atom stereocenters. The minimum absolute atomic E-state index is 0.000228. The predicted molar refractivity (Wildman–Crippen MR) is 152 cm³/mol. The highest BCUT2D eigenvalue weighted by Gasteiger charge is 2.21. The number of benzene rings is 1. The third-order valence-corrected chi connectivity index (χ3v) is 6.75. The zero-order chi connectivity index (χ0) is 28.1. The van der Waals surface area contributed by atoms with E-state index < -0.39 is 11.3 Å². The van der Waals surface area contributed by atoms with E-state index in [9.17, 15) is 14.4 Å². The van der Waals surface area contributed by atoms with Crippen molar-refractivity contribution in [2.75, 3.05) is 43.9 Å². The number of hydrogen-bond acceptors (Lipinski definition) is 8. The highest BCUT2D eigenvalue weighted by molar-refractivity contribution is 6.00. The van der Waals surface area contributed by atoms with E-state index >= 15 is 0 Å². The van der Waals surface area contributed by atoms with Gasteiger partial charge in [-0.15, -0.1) is 0 Å². The van der Waals surface area contributed by atoms with Gasteiger partial charge in [0.1, 0.15) is 17.0 Å². The van der Waals surface area contributed by atoms with E-state index in [0.717, 1.165) is 24.2 Å². The first-order valence-corrected chi connectivity index (χ1v) is 12.9. The van der Waals surface area contributed by atoms with Crippen LogP contribution in [0.1, 0.15) is 15.9 Å². The van der Waals surface area contributed by atoms with Crippen LogP contribution in [0.5, 0.6) is 0 Å². The Labute approximate surface area is 230 Å². The molecule has 3 aromatic heterocycles. The largest absolute Gasteiger partial charge is 0.384 e. The van der Waals surface area contributed by atoms with Crippen molar-refractivity contribution in [3.05, 3.63) is 82.3 Å². The maximum atomic E-state index is 13.1. The Morgan fingerprint density at radius 2 is 1.80 bits per heavy atom. The van der Waals surface area contributed by atoms with Crippen LogP contribution in [0.2, 0.25) is 0 Å². The van der Waals surface area contributed by atoms with Crippen LogP contribution in [0.25, 0.3) is 22.3 Å². The summed E-state index contributed by atoms with van der Waals surface area (Å²) in [6.07, 6.45) is 3.36. The lowest BCUT2D eigenvalue weighted by Crippen LogP contribution is -2.38. The number of aromatic nitrogens is 3. The average molecular weight is 543 g/mol. The van der Waals surface area contributed by atoms with E-state index in [1.54, 1.807) is 41.2 Å². The second-order valence-electron chi connectivity index (χ2n) is 9.37. The summed E-state index contributed by atoms with van der Waals surface area (Å²) in [6.45, 7) is 4.25. The fourth-order valence-electron chi connectivity index (χ4n) is 4.61. The van der Waals surface area contributed by atoms with Gasteiger partial charge in [0.15, 0.2) is 0 Å². The SMILES string of the molecule is NC(=O)c1c(N)n(CCN2CCOCC2)c2nc(-c3ccc(NC(=O)NCc4cccnc4)cc3)ccc2c1=O. The van der Waals surface area contributed by atoms with Crippen molar-refractivity contribution in [1.29, 1.82) is 0 Å². The van der Waals surface area contributed by atoms with Gasteiger partial charge < -0.3 is 31.4 Å². The predicted octanol–water partition coefficient (Wildman–Crippen LogP) is 1.79. The molecule has 6 N–H and O–H groups in total. The maximum absolute atomic E-state index is 13.1. The monoisotopic (exact) mass is 542 g/mol. The number of pyridine rings is 3. The van der Waals surface area contributed by atoms with Crippen LogP contribution in [0, 0.1) is 0 Å². The molecule has 12 nitrogen and oxygen atoms in total. The zero-order valence-corrected chi connectivity index (χ0v) is 21.8. The molecule has 3 amide bonds. The quantitative estimate of drug-likeness (QED) is 0.261. The Kier molecular flexibility index (Phi) is 7.99. The third-order valence-electron chi connectivity index (χ3n) is 6.75. The van der Waals surface area contributed by atoms with E-state index in [4.69, 9.17) is 21.2 Å². The molecular formula is C28H30N8O4. The molecule has 4 aromatic rings. The molecule has 206 valence electrons. The van der Waals surface area contributed by atoms with Crippen molar-refractivity contribution in [2.24, 2.45) is 5.73 Å². The number of anilines is 2. The topological polar surface area (TPSA) is 170 Å². The standard InChI is InChI=1S/C28H30N8O4/c29-25-23(26(30)38)24(37)21-7-8-22(34-27(21)36(25)11-10-35-12-14-40-15-13-35)19-3-5-20(6-4-19)33-28(39)32-17-18-2-1-9-31-16-18/h1-9,16H,10-15,17,29H2,(H2,30,38)(H2,32,33,39). The molecule has 5 rings (SSSR count). The molecule has 0 aliphatic carbocycles. The molecule has 12 heteroatoms. The fraction of sp³-hybridized carbons (Fsp3) is 0.250. The van der Waals surface area contributed by atoms with Crippen molar-refractivity contribution < 1.29 is 14.3 Å². The molecule has 0 saturated carbocycles. The molecule has 1 aliphatic heterocycles. The van der Waals surface area contributed by atoms with E-state index in [-0.39, 0.29) is 22.8 Å². The Bertz CT molecular complexity index is 1580. The number of nitrogens with two attached hydrogens (primary N) is 2. The van der Waals surface area contributed by atoms with Crippen LogP contribution < -0.4 is 27.5 Å². The molecule has 0 radical (unpaired) electrons. The number of primary amides is 1. The summed E-state index contributed by atoms with van der Waals surface area (Å²) in [7, 11) is 0. The number of carbonyl (C=O) groups is 2. The smallest absolute Gasteiger partial charge is 0.319 e. The Morgan fingerprint density at radius 3 is 2.50 bits per heavy atom. The molecule has 40 heavy (non-hydrogen) atoms. The summed E-state index contributed by atoms with van der Waals surface area (Å²) in [6, 6.07) is 13.9. The average Bonchev–Trinajstić information content (AvgIpc) is 2.97. The summed E-state index contributed by atoms with van der Waals surface area (Å²) in [4.78, 5) is 48.5. The van der Waals surface area contributed by atoms with Crippen LogP contribution in [0.15, 0.2) is 65.7 Å². The lowest BCUT2D eigenvalue weighted by atomic mass is 10.1. The lowest BCUT2D eigenvalue weighted by molar-refractivity contribution is 0.0366. The third kappa shape index (κ3) is 5.92. The summed E-state index contributed by atoms with van der Waals surface area (Å²) in [5, 5.41) is 5.85. The lowest BCUT2D eigenvalue weighted by Gasteiger charge is -2.27. The molecule has 4 heterocycles. The summed E-state index contributed by atoms with van der Waals surface area (Å²) >= 11 is 0. The van der Waals surface area contributed by atoms with Gasteiger partial charge in [-0.05, 0) is 35.9 Å². The number of nitrogens with one attached hydrogen (secondary N) is 2. The summed E-state index contributed by atoms with van der Waals surface area (Å²) < 4.78 is 7.10. The van der Waals surface area contributed by atoms with Crippen molar-refractivity contribution in [1.82, 2.24) is 24.8 Å². The maximum Gasteiger partial charge on any atom is 0.319 e. The first kappa shape index (κ1) is 26.8. The van der Waals surface area contributed by atoms with Gasteiger partial charge in [0.05, 0.1) is 24.3 Å². The van der Waals surface area contributed by atoms with Gasteiger partial charge >= 0.3 is 6.03 Å². The highest BCUT2D eigenvalue weighted by Crippen LogP contribution is 2.24. The second-order valence-corrected chi connectivity index (χ2v) is 9.37. The number of morpholine rings is 1. The Balaban J connectivity index is 1.38.